The maximum Gasteiger partial charge on any atom is 0.228 e. The van der Waals surface area contributed by atoms with Crippen molar-refractivity contribution in [1.29, 1.82) is 0 Å². The first-order valence-electron chi connectivity index (χ1n) is 11.6. The molecule has 2 aliphatic rings. The third-order valence-electron chi connectivity index (χ3n) is 7.16. The van der Waals surface area contributed by atoms with Crippen molar-refractivity contribution in [2.75, 3.05) is 64.3 Å². The number of rotatable bonds is 7. The molecule has 0 aromatic heterocycles. The summed E-state index contributed by atoms with van der Waals surface area (Å²) in [5.74, 6) is 0.366. The van der Waals surface area contributed by atoms with Gasteiger partial charge < -0.3 is 14.7 Å². The fraction of sp³-hybridized carbons (Fsp3) is 0.667. The lowest BCUT2D eigenvalue weighted by atomic mass is 9.75. The Labute approximate surface area is 192 Å². The summed E-state index contributed by atoms with van der Waals surface area (Å²) in [6, 6.07) is 8.06. The lowest BCUT2D eigenvalue weighted by molar-refractivity contribution is -0.147. The molecule has 0 atom stereocenters. The molecule has 2 heterocycles. The topological polar surface area (TPSA) is 47.1 Å². The van der Waals surface area contributed by atoms with Crippen molar-refractivity contribution in [2.24, 2.45) is 5.41 Å². The van der Waals surface area contributed by atoms with Crippen molar-refractivity contribution in [3.63, 3.8) is 0 Å². The molecule has 172 valence electrons. The molecule has 7 heteroatoms. The Balaban J connectivity index is 1.41. The molecular weight excluding hydrogens is 412 g/mol. The number of hydrogen-bond donors (Lipinski definition) is 0. The number of hydrogen-bond acceptors (Lipinski definition) is 4. The van der Waals surface area contributed by atoms with E-state index in [9.17, 15) is 9.59 Å². The maximum atomic E-state index is 13.2. The van der Waals surface area contributed by atoms with Crippen LogP contribution in [0, 0.1) is 5.41 Å². The Kier molecular flexibility index (Phi) is 8.23. The Morgan fingerprint density at radius 2 is 1.77 bits per heavy atom. The van der Waals surface area contributed by atoms with E-state index in [0.29, 0.717) is 13.1 Å². The number of benzene rings is 1. The summed E-state index contributed by atoms with van der Waals surface area (Å²) < 4.78 is 0. The van der Waals surface area contributed by atoms with Gasteiger partial charge in [-0.15, -0.1) is 0 Å². The van der Waals surface area contributed by atoms with E-state index in [0.717, 1.165) is 70.0 Å². The number of halogens is 1. The highest BCUT2D eigenvalue weighted by atomic mass is 35.5. The minimum absolute atomic E-state index is 0.112. The number of likely N-dealkylation sites (tertiary alicyclic amines) is 1. The van der Waals surface area contributed by atoms with Gasteiger partial charge in [0.25, 0.3) is 0 Å². The van der Waals surface area contributed by atoms with E-state index in [4.69, 9.17) is 11.6 Å². The summed E-state index contributed by atoms with van der Waals surface area (Å²) in [6.07, 6.45) is 3.38. The number of carbonyl (C=O) groups excluding carboxylic acids is 2. The maximum absolute atomic E-state index is 13.2. The van der Waals surface area contributed by atoms with Gasteiger partial charge in [0, 0.05) is 70.5 Å². The Morgan fingerprint density at radius 1 is 1.10 bits per heavy atom. The summed E-state index contributed by atoms with van der Waals surface area (Å²) in [5, 5.41) is 0.782. The molecule has 0 spiro atoms. The van der Waals surface area contributed by atoms with Crippen LogP contribution >= 0.6 is 11.6 Å². The van der Waals surface area contributed by atoms with Gasteiger partial charge in [-0.3, -0.25) is 14.5 Å². The Hall–Kier alpha value is -1.79. The highest BCUT2D eigenvalue weighted by molar-refractivity contribution is 6.30. The zero-order valence-corrected chi connectivity index (χ0v) is 20.0. The molecule has 2 aliphatic heterocycles. The van der Waals surface area contributed by atoms with Gasteiger partial charge in [-0.05, 0) is 50.4 Å². The standard InChI is InChI=1S/C24H37ClN4O2/c1-4-24(9-13-28(14-10-24)20(2)30)23(31)26(3)11-6-12-27-15-17-29(18-16-27)22-8-5-7-21(25)19-22/h5,7-8,19H,4,6,9-18H2,1-3H3. The summed E-state index contributed by atoms with van der Waals surface area (Å²) in [7, 11) is 1.94. The first-order valence-corrected chi connectivity index (χ1v) is 12.0. The van der Waals surface area contributed by atoms with Crippen LogP contribution < -0.4 is 4.90 Å². The number of nitrogens with zero attached hydrogens (tertiary/aromatic N) is 4. The second kappa shape index (κ2) is 10.7. The first kappa shape index (κ1) is 23.9. The molecule has 0 bridgehead atoms. The average Bonchev–Trinajstić information content (AvgIpc) is 2.79. The highest BCUT2D eigenvalue weighted by Crippen LogP contribution is 2.36. The smallest absolute Gasteiger partial charge is 0.228 e. The predicted molar refractivity (Wildman–Crippen MR) is 127 cm³/mol. The summed E-state index contributed by atoms with van der Waals surface area (Å²) in [5.41, 5.74) is 0.890. The monoisotopic (exact) mass is 448 g/mol. The molecule has 2 amide bonds. The van der Waals surface area contributed by atoms with E-state index < -0.39 is 0 Å². The second-order valence-electron chi connectivity index (χ2n) is 9.03. The van der Waals surface area contributed by atoms with Crippen LogP contribution in [0.4, 0.5) is 5.69 Å². The van der Waals surface area contributed by atoms with Gasteiger partial charge in [-0.25, -0.2) is 0 Å². The highest BCUT2D eigenvalue weighted by Gasteiger charge is 2.41. The van der Waals surface area contributed by atoms with Crippen LogP contribution in [0.5, 0.6) is 0 Å². The van der Waals surface area contributed by atoms with Gasteiger partial charge in [0.05, 0.1) is 5.41 Å². The van der Waals surface area contributed by atoms with Crippen LogP contribution in [0.1, 0.15) is 39.5 Å². The Bertz CT molecular complexity index is 756. The predicted octanol–water partition coefficient (Wildman–Crippen LogP) is 3.35. The molecule has 3 rings (SSSR count). The molecule has 31 heavy (non-hydrogen) atoms. The molecule has 0 radical (unpaired) electrons. The fourth-order valence-electron chi connectivity index (χ4n) is 4.91. The fourth-order valence-corrected chi connectivity index (χ4v) is 5.09. The molecule has 1 aromatic rings. The van der Waals surface area contributed by atoms with Crippen LogP contribution in [0.2, 0.25) is 5.02 Å². The zero-order valence-electron chi connectivity index (χ0n) is 19.3. The van der Waals surface area contributed by atoms with Crippen molar-refractivity contribution >= 4 is 29.1 Å². The molecule has 2 fully saturated rings. The average molecular weight is 449 g/mol. The Morgan fingerprint density at radius 3 is 2.35 bits per heavy atom. The van der Waals surface area contributed by atoms with Crippen molar-refractivity contribution < 1.29 is 9.59 Å². The molecule has 6 nitrogen and oxygen atoms in total. The minimum atomic E-state index is -0.302. The lowest BCUT2D eigenvalue weighted by Gasteiger charge is -2.42. The largest absolute Gasteiger partial charge is 0.369 e. The van der Waals surface area contributed by atoms with E-state index in [1.54, 1.807) is 6.92 Å². The van der Waals surface area contributed by atoms with E-state index in [1.807, 2.05) is 35.0 Å². The van der Waals surface area contributed by atoms with Gasteiger partial charge in [0.15, 0.2) is 0 Å². The molecule has 0 unspecified atom stereocenters. The van der Waals surface area contributed by atoms with Crippen LogP contribution in [0.3, 0.4) is 0 Å². The molecule has 0 aliphatic carbocycles. The van der Waals surface area contributed by atoms with Gasteiger partial charge in [-0.1, -0.05) is 24.6 Å². The lowest BCUT2D eigenvalue weighted by Crippen LogP contribution is -2.50. The van der Waals surface area contributed by atoms with Crippen LogP contribution in [-0.2, 0) is 9.59 Å². The van der Waals surface area contributed by atoms with E-state index in [1.165, 1.54) is 5.69 Å². The van der Waals surface area contributed by atoms with Crippen molar-refractivity contribution in [1.82, 2.24) is 14.7 Å². The zero-order chi connectivity index (χ0) is 22.4. The number of amides is 2. The van der Waals surface area contributed by atoms with Crippen LogP contribution in [0.15, 0.2) is 24.3 Å². The summed E-state index contributed by atoms with van der Waals surface area (Å²) in [4.78, 5) is 33.5. The quantitative estimate of drug-likeness (QED) is 0.641. The number of anilines is 1. The van der Waals surface area contributed by atoms with Crippen LogP contribution in [0.25, 0.3) is 0 Å². The molecule has 0 N–H and O–H groups in total. The van der Waals surface area contributed by atoms with E-state index >= 15 is 0 Å². The number of piperidine rings is 1. The third-order valence-corrected chi connectivity index (χ3v) is 7.39. The van der Waals surface area contributed by atoms with Gasteiger partial charge in [0.2, 0.25) is 11.8 Å². The summed E-state index contributed by atoms with van der Waals surface area (Å²) >= 11 is 6.13. The molecular formula is C24H37ClN4O2. The minimum Gasteiger partial charge on any atom is -0.369 e. The van der Waals surface area contributed by atoms with Gasteiger partial charge in [-0.2, -0.15) is 0 Å². The summed E-state index contributed by atoms with van der Waals surface area (Å²) in [6.45, 7) is 11.0. The molecule has 2 saturated heterocycles. The number of piperazine rings is 1. The molecule has 0 saturated carbocycles. The first-order chi connectivity index (χ1) is 14.8. The molecule has 1 aromatic carbocycles. The van der Waals surface area contributed by atoms with E-state index in [-0.39, 0.29) is 17.2 Å². The van der Waals surface area contributed by atoms with Crippen LogP contribution in [-0.4, -0.2) is 85.9 Å². The number of carbonyl (C=O) groups is 2. The van der Waals surface area contributed by atoms with Crippen molar-refractivity contribution in [2.45, 2.75) is 39.5 Å². The van der Waals surface area contributed by atoms with Crippen molar-refractivity contribution in [3.8, 4) is 0 Å². The second-order valence-corrected chi connectivity index (χ2v) is 9.47. The third kappa shape index (κ3) is 5.92. The SMILES string of the molecule is CCC1(C(=O)N(C)CCCN2CCN(c3cccc(Cl)c3)CC2)CCN(C(C)=O)CC1. The normalized spacial score (nSPS) is 19.4. The van der Waals surface area contributed by atoms with Crippen molar-refractivity contribution in [3.05, 3.63) is 29.3 Å². The van der Waals surface area contributed by atoms with Gasteiger partial charge >= 0.3 is 0 Å². The van der Waals surface area contributed by atoms with Gasteiger partial charge in [0.1, 0.15) is 0 Å². The van der Waals surface area contributed by atoms with E-state index in [2.05, 4.69) is 22.8 Å².